The van der Waals surface area contributed by atoms with Crippen LogP contribution in [0.4, 0.5) is 0 Å². The Bertz CT molecular complexity index is 622. The summed E-state index contributed by atoms with van der Waals surface area (Å²) in [6, 6.07) is 0. The molecule has 3 aliphatic heterocycles. The zero-order valence-electron chi connectivity index (χ0n) is 19.7. The van der Waals surface area contributed by atoms with Crippen molar-refractivity contribution in [2.75, 3.05) is 65.6 Å². The Morgan fingerprint density at radius 3 is 1.59 bits per heavy atom. The van der Waals surface area contributed by atoms with Gasteiger partial charge in [0.25, 0.3) is 0 Å². The lowest BCUT2D eigenvalue weighted by molar-refractivity contribution is -0.147. The number of piperidine rings is 2. The van der Waals surface area contributed by atoms with Gasteiger partial charge in [-0.1, -0.05) is 0 Å². The largest absolute Gasteiger partial charge is 0.380 e. The Kier molecular flexibility index (Phi) is 7.05. The molecule has 2 N–H and O–H groups in total. The average molecular weight is 447 g/mol. The van der Waals surface area contributed by atoms with Gasteiger partial charge in [-0.3, -0.25) is 9.59 Å². The van der Waals surface area contributed by atoms with Crippen LogP contribution in [0, 0.1) is 29.1 Å². The highest BCUT2D eigenvalue weighted by Crippen LogP contribution is 2.34. The molecule has 0 radical (unpaired) electrons. The third-order valence-corrected chi connectivity index (χ3v) is 8.21. The number of carbonyl (C=O) groups excluding carboxylic acids is 2. The first kappa shape index (κ1) is 22.6. The normalized spacial score (nSPS) is 31.0. The van der Waals surface area contributed by atoms with Crippen LogP contribution in [0.5, 0.6) is 0 Å². The maximum atomic E-state index is 12.6. The molecule has 0 aromatic heterocycles. The number of hydrogen-bond donors (Lipinski definition) is 2. The molecule has 0 spiro atoms. The molecule has 2 amide bonds. The van der Waals surface area contributed by atoms with Gasteiger partial charge in [-0.25, -0.2) is 0 Å². The van der Waals surface area contributed by atoms with Crippen molar-refractivity contribution in [2.45, 2.75) is 51.4 Å². The summed E-state index contributed by atoms with van der Waals surface area (Å²) in [5, 5.41) is 6.38. The van der Waals surface area contributed by atoms with E-state index in [1.54, 1.807) is 0 Å². The number of carbonyl (C=O) groups is 2. The van der Waals surface area contributed by atoms with E-state index in [0.717, 1.165) is 103 Å². The smallest absolute Gasteiger partial charge is 0.224 e. The first-order valence-corrected chi connectivity index (χ1v) is 13.2. The van der Waals surface area contributed by atoms with E-state index in [2.05, 4.69) is 20.4 Å². The maximum Gasteiger partial charge on any atom is 0.224 e. The number of hydrogen-bond acceptors (Lipinski definition) is 5. The lowest BCUT2D eigenvalue weighted by Gasteiger charge is -2.49. The second-order valence-electron chi connectivity index (χ2n) is 11.5. The Morgan fingerprint density at radius 2 is 1.22 bits per heavy atom. The number of likely N-dealkylation sites (tertiary alicyclic amines) is 2. The van der Waals surface area contributed by atoms with Crippen molar-refractivity contribution in [3.63, 3.8) is 0 Å². The average Bonchev–Trinajstić information content (AvgIpc) is 3.69. The predicted octanol–water partition coefficient (Wildman–Crippen LogP) is 1.48. The molecule has 5 rings (SSSR count). The second-order valence-corrected chi connectivity index (χ2v) is 11.5. The molecule has 0 aromatic rings. The summed E-state index contributed by atoms with van der Waals surface area (Å²) in [4.78, 5) is 30.3. The molecule has 2 saturated carbocycles. The molecule has 0 unspecified atom stereocenters. The van der Waals surface area contributed by atoms with Crippen LogP contribution in [0.2, 0.25) is 0 Å². The summed E-state index contributed by atoms with van der Waals surface area (Å²) in [7, 11) is 0. The molecule has 3 heterocycles. The third-order valence-electron chi connectivity index (χ3n) is 8.21. The lowest BCUT2D eigenvalue weighted by atomic mass is 9.82. The highest BCUT2D eigenvalue weighted by Gasteiger charge is 2.43. The van der Waals surface area contributed by atoms with Crippen LogP contribution >= 0.6 is 0 Å². The second kappa shape index (κ2) is 9.98. The summed E-state index contributed by atoms with van der Waals surface area (Å²) in [6.07, 6.45) is 9.34. The first-order chi connectivity index (χ1) is 15.6. The number of rotatable bonds is 10. The SMILES string of the molecule is O=C(NCC1CC1)[C@H]1CCCN(CC2(CN3CCC[C@H](C(=O)NCC4CC4)C3)COC2)C1. The van der Waals surface area contributed by atoms with E-state index in [1.165, 1.54) is 25.7 Å². The summed E-state index contributed by atoms with van der Waals surface area (Å²) in [6.45, 7) is 9.29. The molecular formula is C25H42N4O3. The zero-order valence-corrected chi connectivity index (χ0v) is 19.7. The minimum atomic E-state index is 0.134. The van der Waals surface area contributed by atoms with E-state index in [9.17, 15) is 9.59 Å². The van der Waals surface area contributed by atoms with Gasteiger partial charge in [0.05, 0.1) is 25.0 Å². The van der Waals surface area contributed by atoms with Crippen molar-refractivity contribution in [1.82, 2.24) is 20.4 Å². The molecule has 2 atom stereocenters. The summed E-state index contributed by atoms with van der Waals surface area (Å²) in [5.41, 5.74) is 0.152. The third kappa shape index (κ3) is 6.03. The Hall–Kier alpha value is -1.18. The van der Waals surface area contributed by atoms with Crippen LogP contribution in [0.25, 0.3) is 0 Å². The van der Waals surface area contributed by atoms with Gasteiger partial charge in [-0.2, -0.15) is 0 Å². The van der Waals surface area contributed by atoms with Gasteiger partial charge in [0.15, 0.2) is 0 Å². The molecule has 32 heavy (non-hydrogen) atoms. The van der Waals surface area contributed by atoms with Crippen molar-refractivity contribution in [3.8, 4) is 0 Å². The number of ether oxygens (including phenoxy) is 1. The molecule has 5 fully saturated rings. The minimum absolute atomic E-state index is 0.134. The monoisotopic (exact) mass is 446 g/mol. The molecule has 180 valence electrons. The van der Waals surface area contributed by atoms with Crippen LogP contribution in [0.3, 0.4) is 0 Å². The number of amides is 2. The van der Waals surface area contributed by atoms with Crippen molar-refractivity contribution in [3.05, 3.63) is 0 Å². The van der Waals surface area contributed by atoms with Gasteiger partial charge in [-0.15, -0.1) is 0 Å². The maximum absolute atomic E-state index is 12.6. The summed E-state index contributed by atoms with van der Waals surface area (Å²) in [5.74, 6) is 2.26. The van der Waals surface area contributed by atoms with Gasteiger partial charge in [0.1, 0.15) is 0 Å². The molecular weight excluding hydrogens is 404 g/mol. The molecule has 0 aromatic carbocycles. The van der Waals surface area contributed by atoms with Crippen LogP contribution in [0.15, 0.2) is 0 Å². The van der Waals surface area contributed by atoms with Gasteiger partial charge >= 0.3 is 0 Å². The molecule has 0 bridgehead atoms. The quantitative estimate of drug-likeness (QED) is 0.532. The van der Waals surface area contributed by atoms with Crippen molar-refractivity contribution in [2.24, 2.45) is 29.1 Å². The fraction of sp³-hybridized carbons (Fsp3) is 0.920. The van der Waals surface area contributed by atoms with Gasteiger partial charge in [0, 0.05) is 44.7 Å². The standard InChI is InChI=1S/C25H42N4O3/c30-23(26-11-19-5-6-19)21-3-1-9-28(13-21)15-25(17-32-18-25)16-29-10-2-4-22(14-29)24(31)27-12-20-7-8-20/h19-22H,1-18H2,(H,26,30)(H,27,31)/t21-,22-/m0/s1. The molecule has 3 saturated heterocycles. The number of nitrogens with one attached hydrogen (secondary N) is 2. The predicted molar refractivity (Wildman–Crippen MR) is 123 cm³/mol. The van der Waals surface area contributed by atoms with Crippen molar-refractivity contribution in [1.29, 1.82) is 0 Å². The fourth-order valence-corrected chi connectivity index (χ4v) is 5.82. The Morgan fingerprint density at radius 1 is 0.750 bits per heavy atom. The highest BCUT2D eigenvalue weighted by molar-refractivity contribution is 5.79. The van der Waals surface area contributed by atoms with Gasteiger partial charge in [-0.05, 0) is 76.3 Å². The Balaban J connectivity index is 1.10. The van der Waals surface area contributed by atoms with E-state index >= 15 is 0 Å². The van der Waals surface area contributed by atoms with Crippen LogP contribution < -0.4 is 10.6 Å². The van der Waals surface area contributed by atoms with Gasteiger partial charge in [0.2, 0.25) is 11.8 Å². The van der Waals surface area contributed by atoms with Gasteiger partial charge < -0.3 is 25.2 Å². The van der Waals surface area contributed by atoms with E-state index in [-0.39, 0.29) is 29.1 Å². The highest BCUT2D eigenvalue weighted by atomic mass is 16.5. The minimum Gasteiger partial charge on any atom is -0.380 e. The van der Waals surface area contributed by atoms with Crippen molar-refractivity contribution < 1.29 is 14.3 Å². The lowest BCUT2D eigenvalue weighted by Crippen LogP contribution is -2.59. The van der Waals surface area contributed by atoms with E-state index in [4.69, 9.17) is 4.74 Å². The van der Waals surface area contributed by atoms with Crippen LogP contribution in [-0.4, -0.2) is 87.2 Å². The fourth-order valence-electron chi connectivity index (χ4n) is 5.82. The van der Waals surface area contributed by atoms with E-state index in [0.29, 0.717) is 0 Å². The van der Waals surface area contributed by atoms with E-state index in [1.807, 2.05) is 0 Å². The topological polar surface area (TPSA) is 73.9 Å². The molecule has 7 heteroatoms. The molecule has 5 aliphatic rings. The van der Waals surface area contributed by atoms with Crippen LogP contribution in [0.1, 0.15) is 51.4 Å². The van der Waals surface area contributed by atoms with Crippen LogP contribution in [-0.2, 0) is 14.3 Å². The summed E-state index contributed by atoms with van der Waals surface area (Å²) < 4.78 is 5.70. The molecule has 7 nitrogen and oxygen atoms in total. The summed E-state index contributed by atoms with van der Waals surface area (Å²) >= 11 is 0. The molecule has 2 aliphatic carbocycles. The number of nitrogens with zero attached hydrogens (tertiary/aromatic N) is 2. The Labute approximate surface area is 193 Å². The van der Waals surface area contributed by atoms with Crippen molar-refractivity contribution >= 4 is 11.8 Å². The first-order valence-electron chi connectivity index (χ1n) is 13.2. The zero-order chi connectivity index (χ0) is 22.0. The van der Waals surface area contributed by atoms with E-state index < -0.39 is 0 Å².